The van der Waals surface area contributed by atoms with E-state index >= 15 is 0 Å². The van der Waals surface area contributed by atoms with Gasteiger partial charge in [0.1, 0.15) is 6.10 Å². The minimum Gasteiger partial charge on any atom is -0.370 e. The van der Waals surface area contributed by atoms with E-state index in [1.54, 1.807) is 0 Å². The number of amides is 1. The van der Waals surface area contributed by atoms with Gasteiger partial charge in [0, 0.05) is 13.7 Å². The van der Waals surface area contributed by atoms with Crippen LogP contribution in [0, 0.1) is 5.92 Å². The minimum atomic E-state index is -0.588. The second-order valence-electron chi connectivity index (χ2n) is 4.60. The predicted molar refractivity (Wildman–Crippen MR) is 79.3 cm³/mol. The molecule has 1 aromatic carbocycles. The molecule has 0 bridgehead atoms. The van der Waals surface area contributed by atoms with Crippen molar-refractivity contribution in [3.8, 4) is 0 Å². The molecule has 0 spiro atoms. The van der Waals surface area contributed by atoms with Crippen LogP contribution in [0.2, 0.25) is 0 Å². The van der Waals surface area contributed by atoms with Crippen molar-refractivity contribution in [1.29, 1.82) is 0 Å². The summed E-state index contributed by atoms with van der Waals surface area (Å²) in [6.45, 7) is 4.33. The van der Waals surface area contributed by atoms with Gasteiger partial charge in [-0.3, -0.25) is 4.79 Å². The molecule has 0 aromatic heterocycles. The maximum absolute atomic E-state index is 12.0. The third kappa shape index (κ3) is 5.19. The van der Waals surface area contributed by atoms with Crippen LogP contribution < -0.4 is 11.1 Å². The summed E-state index contributed by atoms with van der Waals surface area (Å²) >= 11 is 0. The van der Waals surface area contributed by atoms with Crippen LogP contribution in [0.15, 0.2) is 30.3 Å². The normalized spacial score (nSPS) is 13.5. The number of benzene rings is 1. The van der Waals surface area contributed by atoms with Crippen LogP contribution in [-0.2, 0) is 9.53 Å². The molecule has 1 amide bonds. The minimum absolute atomic E-state index is 0. The van der Waals surface area contributed by atoms with Crippen molar-refractivity contribution >= 4 is 18.3 Å². The van der Waals surface area contributed by atoms with E-state index in [0.29, 0.717) is 5.92 Å². The Labute approximate surface area is 121 Å². The fraction of sp³-hybridized carbons (Fsp3) is 0.500. The van der Waals surface area contributed by atoms with Gasteiger partial charge in [0.15, 0.2) is 0 Å². The highest BCUT2D eigenvalue weighted by molar-refractivity contribution is 5.85. The molecular formula is C14H23ClN2O2. The zero-order valence-electron chi connectivity index (χ0n) is 11.6. The lowest BCUT2D eigenvalue weighted by Gasteiger charge is -2.25. The van der Waals surface area contributed by atoms with Gasteiger partial charge in [0.05, 0.1) is 6.04 Å². The first kappa shape index (κ1) is 17.9. The second kappa shape index (κ2) is 8.91. The predicted octanol–water partition coefficient (Wildman–Crippen LogP) is 1.90. The molecule has 108 valence electrons. The molecule has 2 atom stereocenters. The average molecular weight is 287 g/mol. The smallest absolute Gasteiger partial charge is 0.250 e. The number of ether oxygens (including phenoxy) is 1. The average Bonchev–Trinajstić information content (AvgIpc) is 2.38. The molecule has 2 unspecified atom stereocenters. The van der Waals surface area contributed by atoms with E-state index in [4.69, 9.17) is 10.5 Å². The summed E-state index contributed by atoms with van der Waals surface area (Å²) < 4.78 is 5.04. The van der Waals surface area contributed by atoms with Crippen LogP contribution in [0.3, 0.4) is 0 Å². The summed E-state index contributed by atoms with van der Waals surface area (Å²) in [5.41, 5.74) is 6.58. The van der Waals surface area contributed by atoms with Gasteiger partial charge >= 0.3 is 0 Å². The van der Waals surface area contributed by atoms with Crippen LogP contribution in [0.25, 0.3) is 0 Å². The fourth-order valence-electron chi connectivity index (χ4n) is 1.85. The molecule has 0 radical (unpaired) electrons. The first-order valence-corrected chi connectivity index (χ1v) is 6.18. The van der Waals surface area contributed by atoms with E-state index in [0.717, 1.165) is 5.56 Å². The van der Waals surface area contributed by atoms with Gasteiger partial charge in [-0.25, -0.2) is 0 Å². The first-order valence-electron chi connectivity index (χ1n) is 6.18. The molecule has 1 aromatic rings. The Hall–Kier alpha value is -1.10. The highest BCUT2D eigenvalue weighted by atomic mass is 35.5. The summed E-state index contributed by atoms with van der Waals surface area (Å²) in [7, 11) is 1.49. The third-order valence-electron chi connectivity index (χ3n) is 2.91. The van der Waals surface area contributed by atoms with Crippen molar-refractivity contribution in [3.63, 3.8) is 0 Å². The summed E-state index contributed by atoms with van der Waals surface area (Å²) in [4.78, 5) is 12.0. The van der Waals surface area contributed by atoms with Gasteiger partial charge in [-0.15, -0.1) is 12.4 Å². The van der Waals surface area contributed by atoms with Gasteiger partial charge in [-0.05, 0) is 11.5 Å². The van der Waals surface area contributed by atoms with E-state index in [2.05, 4.69) is 19.2 Å². The molecule has 19 heavy (non-hydrogen) atoms. The van der Waals surface area contributed by atoms with E-state index in [-0.39, 0.29) is 30.9 Å². The Morgan fingerprint density at radius 1 is 1.32 bits per heavy atom. The molecule has 0 aliphatic rings. The number of hydrogen-bond donors (Lipinski definition) is 2. The molecule has 4 nitrogen and oxygen atoms in total. The van der Waals surface area contributed by atoms with Gasteiger partial charge in [0.2, 0.25) is 0 Å². The Morgan fingerprint density at radius 3 is 2.32 bits per heavy atom. The molecular weight excluding hydrogens is 264 g/mol. The molecule has 5 heteroatoms. The van der Waals surface area contributed by atoms with E-state index in [9.17, 15) is 4.79 Å². The topological polar surface area (TPSA) is 64.3 Å². The Balaban J connectivity index is 0.00000324. The summed E-state index contributed by atoms with van der Waals surface area (Å²) in [5, 5.41) is 2.99. The Kier molecular flexibility index (Phi) is 8.39. The van der Waals surface area contributed by atoms with Crippen LogP contribution >= 0.6 is 12.4 Å². The number of carbonyl (C=O) groups is 1. The maximum atomic E-state index is 12.0. The zero-order chi connectivity index (χ0) is 13.5. The molecule has 0 saturated heterocycles. The van der Waals surface area contributed by atoms with Crippen LogP contribution in [0.4, 0.5) is 0 Å². The van der Waals surface area contributed by atoms with E-state index in [1.807, 2.05) is 30.3 Å². The monoisotopic (exact) mass is 286 g/mol. The van der Waals surface area contributed by atoms with Crippen molar-refractivity contribution in [1.82, 2.24) is 5.32 Å². The standard InChI is InChI=1S/C14H22N2O2.ClH/c1-10(2)13(11-7-5-4-6-8-11)16-14(17)12(9-15)18-3;/h4-8,10,12-13H,9,15H2,1-3H3,(H,16,17);1H. The highest BCUT2D eigenvalue weighted by Gasteiger charge is 2.22. The Morgan fingerprint density at radius 2 is 1.89 bits per heavy atom. The highest BCUT2D eigenvalue weighted by Crippen LogP contribution is 2.21. The van der Waals surface area contributed by atoms with Gasteiger partial charge in [0.25, 0.3) is 5.91 Å². The molecule has 0 saturated carbocycles. The first-order chi connectivity index (χ1) is 8.60. The molecule has 3 N–H and O–H groups in total. The maximum Gasteiger partial charge on any atom is 0.250 e. The molecule has 0 fully saturated rings. The molecule has 0 aliphatic carbocycles. The van der Waals surface area contributed by atoms with Crippen molar-refractivity contribution in [2.45, 2.75) is 26.0 Å². The fourth-order valence-corrected chi connectivity index (χ4v) is 1.85. The van der Waals surface area contributed by atoms with Gasteiger partial charge < -0.3 is 15.8 Å². The van der Waals surface area contributed by atoms with Crippen LogP contribution in [-0.4, -0.2) is 25.7 Å². The van der Waals surface area contributed by atoms with Crippen molar-refractivity contribution in [3.05, 3.63) is 35.9 Å². The zero-order valence-corrected chi connectivity index (χ0v) is 12.4. The lowest BCUT2D eigenvalue weighted by molar-refractivity contribution is -0.131. The second-order valence-corrected chi connectivity index (χ2v) is 4.60. The van der Waals surface area contributed by atoms with Crippen molar-refractivity contribution in [2.24, 2.45) is 11.7 Å². The quantitative estimate of drug-likeness (QED) is 0.839. The number of hydrogen-bond acceptors (Lipinski definition) is 3. The van der Waals surface area contributed by atoms with Crippen molar-refractivity contribution in [2.75, 3.05) is 13.7 Å². The molecule has 1 rings (SSSR count). The lowest BCUT2D eigenvalue weighted by Crippen LogP contribution is -2.43. The van der Waals surface area contributed by atoms with Crippen LogP contribution in [0.1, 0.15) is 25.5 Å². The van der Waals surface area contributed by atoms with E-state index < -0.39 is 6.10 Å². The number of methoxy groups -OCH3 is 1. The third-order valence-corrected chi connectivity index (χ3v) is 2.91. The SMILES string of the molecule is COC(CN)C(=O)NC(c1ccccc1)C(C)C.Cl. The summed E-state index contributed by atoms with van der Waals surface area (Å²) in [5.74, 6) is 0.134. The Bertz CT molecular complexity index is 367. The van der Waals surface area contributed by atoms with Crippen molar-refractivity contribution < 1.29 is 9.53 Å². The van der Waals surface area contributed by atoms with E-state index in [1.165, 1.54) is 7.11 Å². The lowest BCUT2D eigenvalue weighted by atomic mass is 9.96. The van der Waals surface area contributed by atoms with Crippen LogP contribution in [0.5, 0.6) is 0 Å². The largest absolute Gasteiger partial charge is 0.370 e. The van der Waals surface area contributed by atoms with Gasteiger partial charge in [-0.2, -0.15) is 0 Å². The number of nitrogens with two attached hydrogens (primary N) is 1. The summed E-state index contributed by atoms with van der Waals surface area (Å²) in [6, 6.07) is 9.88. The number of halogens is 1. The number of nitrogens with one attached hydrogen (secondary N) is 1. The van der Waals surface area contributed by atoms with Gasteiger partial charge in [-0.1, -0.05) is 44.2 Å². The number of carbonyl (C=O) groups excluding carboxylic acids is 1. The summed E-state index contributed by atoms with van der Waals surface area (Å²) in [6.07, 6.45) is -0.588. The molecule has 0 aliphatic heterocycles. The number of rotatable bonds is 6. The molecule has 0 heterocycles.